The Morgan fingerprint density at radius 1 is 1.09 bits per heavy atom. The molecule has 1 aromatic carbocycles. The van der Waals surface area contributed by atoms with Crippen molar-refractivity contribution in [3.05, 3.63) is 89.2 Å². The number of carbonyl (C=O) groups excluding carboxylic acids is 1. The fourth-order valence-corrected chi connectivity index (χ4v) is 5.82. The molecule has 1 aliphatic heterocycles. The molecule has 2 aromatic rings. The number of carbonyl (C=O) groups is 1. The van der Waals surface area contributed by atoms with E-state index >= 15 is 0 Å². The summed E-state index contributed by atoms with van der Waals surface area (Å²) in [6, 6.07) is 8.04. The molecule has 1 aromatic heterocycles. The highest BCUT2D eigenvalue weighted by Gasteiger charge is 2.29. The van der Waals surface area contributed by atoms with E-state index in [1.54, 1.807) is 12.3 Å². The second-order valence-corrected chi connectivity index (χ2v) is 12.8. The number of halogens is 2. The second-order valence-electron chi connectivity index (χ2n) is 12.1. The first-order chi connectivity index (χ1) is 21.4. The maximum atomic E-state index is 13.8. The summed E-state index contributed by atoms with van der Waals surface area (Å²) < 4.78 is 27.7. The van der Waals surface area contributed by atoms with Gasteiger partial charge in [-0.05, 0) is 84.4 Å². The highest BCUT2D eigenvalue weighted by molar-refractivity contribution is 7.17. The third-order valence-electron chi connectivity index (χ3n) is 8.81. The van der Waals surface area contributed by atoms with Gasteiger partial charge in [-0.2, -0.15) is 8.78 Å². The number of aryl methyl sites for hydroxylation is 1. The number of pyridine rings is 1. The van der Waals surface area contributed by atoms with Gasteiger partial charge in [0.25, 0.3) is 11.6 Å². The molecule has 4 atom stereocenters. The van der Waals surface area contributed by atoms with Gasteiger partial charge in [-0.1, -0.05) is 82.7 Å². The molecule has 6 nitrogen and oxygen atoms in total. The average molecular weight is 638 g/mol. The number of amidine groups is 1. The highest BCUT2D eigenvalue weighted by atomic mass is 31.0. The van der Waals surface area contributed by atoms with Crippen LogP contribution in [0.3, 0.4) is 0 Å². The molecule has 3 rings (SSSR count). The molecule has 45 heavy (non-hydrogen) atoms. The molecule has 2 heterocycles. The Labute approximate surface area is 270 Å². The first-order valence-electron chi connectivity index (χ1n) is 16.2. The smallest absolute Gasteiger partial charge is 0.284 e. The number of benzene rings is 1. The molecular formula is C36H50F2N5OP. The van der Waals surface area contributed by atoms with Crippen molar-refractivity contribution >= 4 is 32.4 Å². The minimum Gasteiger partial charge on any atom is -0.382 e. The Bertz CT molecular complexity index is 1450. The van der Waals surface area contributed by atoms with Gasteiger partial charge in [-0.25, -0.2) is 9.98 Å². The number of anilines is 1. The van der Waals surface area contributed by atoms with Crippen molar-refractivity contribution in [3.8, 4) is 0 Å². The number of nitrogens with zero attached hydrogens (tertiary/aromatic N) is 3. The van der Waals surface area contributed by atoms with E-state index in [2.05, 4.69) is 68.3 Å². The van der Waals surface area contributed by atoms with Gasteiger partial charge >= 0.3 is 0 Å². The van der Waals surface area contributed by atoms with Crippen LogP contribution >= 0.6 is 9.24 Å². The monoisotopic (exact) mass is 637 g/mol. The molecule has 9 heteroatoms. The molecule has 244 valence electrons. The van der Waals surface area contributed by atoms with E-state index in [-0.39, 0.29) is 17.3 Å². The molecular weight excluding hydrogens is 587 g/mol. The van der Waals surface area contributed by atoms with Gasteiger partial charge in [0.05, 0.1) is 5.70 Å². The SMILES string of the molecule is C=C(C(CC)CC[C@H](C)CC)N1C=CN=C(N)/C1=C(\c1ccc(C(=O)Nc2cc(C(F)(F)P)ccn2)cc1CCC)C(C)CC. The molecule has 0 spiro atoms. The van der Waals surface area contributed by atoms with E-state index in [9.17, 15) is 13.6 Å². The molecule has 0 fully saturated rings. The number of aromatic nitrogens is 1. The third kappa shape index (κ3) is 9.09. The zero-order valence-corrected chi connectivity index (χ0v) is 28.8. The minimum absolute atomic E-state index is 0.0640. The van der Waals surface area contributed by atoms with E-state index in [0.717, 1.165) is 73.0 Å². The Morgan fingerprint density at radius 2 is 1.82 bits per heavy atom. The van der Waals surface area contributed by atoms with Crippen LogP contribution in [0, 0.1) is 17.8 Å². The molecule has 1 aliphatic rings. The first-order valence-corrected chi connectivity index (χ1v) is 16.7. The molecule has 3 N–H and O–H groups in total. The Hall–Kier alpha value is -3.38. The number of nitrogens with one attached hydrogen (secondary N) is 1. The van der Waals surface area contributed by atoms with E-state index in [4.69, 9.17) is 5.73 Å². The number of hydrogen-bond acceptors (Lipinski definition) is 5. The van der Waals surface area contributed by atoms with E-state index in [1.807, 2.05) is 18.3 Å². The maximum absolute atomic E-state index is 13.8. The molecule has 0 radical (unpaired) electrons. The lowest BCUT2D eigenvalue weighted by molar-refractivity contribution is 0.101. The number of allylic oxidation sites excluding steroid dienone is 2. The fraction of sp³-hybridized carbons (Fsp3) is 0.472. The largest absolute Gasteiger partial charge is 0.382 e. The van der Waals surface area contributed by atoms with Crippen molar-refractivity contribution in [3.63, 3.8) is 0 Å². The lowest BCUT2D eigenvalue weighted by atomic mass is 9.84. The Morgan fingerprint density at radius 3 is 2.44 bits per heavy atom. The van der Waals surface area contributed by atoms with Crippen LogP contribution in [0.5, 0.6) is 0 Å². The molecule has 0 aliphatic carbocycles. The van der Waals surface area contributed by atoms with Gasteiger partial charge in [0, 0.05) is 35.4 Å². The lowest BCUT2D eigenvalue weighted by Crippen LogP contribution is -2.34. The summed E-state index contributed by atoms with van der Waals surface area (Å²) in [5.74, 6) is 1.16. The van der Waals surface area contributed by atoms with E-state index < -0.39 is 11.6 Å². The van der Waals surface area contributed by atoms with Crippen molar-refractivity contribution in [2.45, 2.75) is 92.2 Å². The predicted molar refractivity (Wildman–Crippen MR) is 187 cm³/mol. The van der Waals surface area contributed by atoms with Crippen LogP contribution in [-0.4, -0.2) is 21.6 Å². The van der Waals surface area contributed by atoms with Gasteiger partial charge in [0.2, 0.25) is 0 Å². The highest BCUT2D eigenvalue weighted by Crippen LogP contribution is 2.39. The quantitative estimate of drug-likeness (QED) is 0.191. The van der Waals surface area contributed by atoms with Crippen LogP contribution < -0.4 is 11.1 Å². The normalized spacial score (nSPS) is 16.6. The number of aliphatic imine (C=N–C) groups is 1. The third-order valence-corrected chi connectivity index (χ3v) is 9.15. The van der Waals surface area contributed by atoms with Crippen molar-refractivity contribution < 1.29 is 13.6 Å². The topological polar surface area (TPSA) is 83.6 Å². The zero-order chi connectivity index (χ0) is 33.3. The number of rotatable bonds is 15. The van der Waals surface area contributed by atoms with Crippen molar-refractivity contribution in [2.75, 3.05) is 5.32 Å². The van der Waals surface area contributed by atoms with Gasteiger partial charge in [0.1, 0.15) is 11.7 Å². The number of nitrogens with two attached hydrogens (primary N) is 1. The van der Waals surface area contributed by atoms with Crippen LogP contribution in [0.25, 0.3) is 5.57 Å². The zero-order valence-electron chi connectivity index (χ0n) is 27.7. The lowest BCUT2D eigenvalue weighted by Gasteiger charge is -2.35. The van der Waals surface area contributed by atoms with Gasteiger partial charge in [-0.3, -0.25) is 4.79 Å². The standard InChI is InChI=1S/C36H50F2N5OP/c1-8-12-27-21-28(35(44)42-31-22-29(17-18-40-31)36(37,38)45)15-16-30(27)32(24(6)10-3)33-34(39)41-19-20-43(33)25(7)26(11-4)14-13-23(5)9-2/h15-24,26H,7-14,45H2,1-6H3,(H2,39,41)(H,40,42,44)/b33-32+/t23-,24?,26?/m1/s1. The summed E-state index contributed by atoms with van der Waals surface area (Å²) >= 11 is 0. The van der Waals surface area contributed by atoms with Crippen LogP contribution in [0.15, 0.2) is 71.9 Å². The summed E-state index contributed by atoms with van der Waals surface area (Å²) in [6.07, 6.45) is 11.7. The van der Waals surface area contributed by atoms with Crippen LogP contribution in [0.2, 0.25) is 0 Å². The average Bonchev–Trinajstić information content (AvgIpc) is 3.02. The van der Waals surface area contributed by atoms with Crippen LogP contribution in [0.4, 0.5) is 14.6 Å². The summed E-state index contributed by atoms with van der Waals surface area (Å²) in [6.45, 7) is 17.7. The summed E-state index contributed by atoms with van der Waals surface area (Å²) in [5.41, 5.74) is 8.66. The van der Waals surface area contributed by atoms with Crippen molar-refractivity contribution in [1.82, 2.24) is 9.88 Å². The maximum Gasteiger partial charge on any atom is 0.284 e. The molecule has 1 amide bonds. The van der Waals surface area contributed by atoms with Crippen LogP contribution in [-0.2, 0) is 12.1 Å². The predicted octanol–water partition coefficient (Wildman–Crippen LogP) is 9.48. The number of alkyl halides is 2. The molecule has 0 saturated carbocycles. The summed E-state index contributed by atoms with van der Waals surface area (Å²) in [5, 5.41) is 2.69. The van der Waals surface area contributed by atoms with Gasteiger partial charge in [0.15, 0.2) is 0 Å². The van der Waals surface area contributed by atoms with E-state index in [1.165, 1.54) is 27.6 Å². The van der Waals surface area contributed by atoms with Crippen molar-refractivity contribution in [2.24, 2.45) is 28.5 Å². The number of amides is 1. The molecule has 0 bridgehead atoms. The van der Waals surface area contributed by atoms with Crippen molar-refractivity contribution in [1.29, 1.82) is 0 Å². The summed E-state index contributed by atoms with van der Waals surface area (Å²) in [4.78, 5) is 24.0. The summed E-state index contributed by atoms with van der Waals surface area (Å²) in [7, 11) is 1.51. The first kappa shape index (κ1) is 36.1. The second kappa shape index (κ2) is 16.3. The van der Waals surface area contributed by atoms with Gasteiger partial charge in [-0.15, -0.1) is 0 Å². The van der Waals surface area contributed by atoms with Gasteiger partial charge < -0.3 is 16.0 Å². The molecule has 0 saturated heterocycles. The Kier molecular flexibility index (Phi) is 13.0. The number of hydrogen-bond donors (Lipinski definition) is 2. The van der Waals surface area contributed by atoms with Crippen LogP contribution in [0.1, 0.15) is 107 Å². The fourth-order valence-electron chi connectivity index (χ4n) is 5.64. The minimum atomic E-state index is -3.12. The van der Waals surface area contributed by atoms with E-state index in [0.29, 0.717) is 23.2 Å². The Balaban J connectivity index is 2.09. The molecule has 3 unspecified atom stereocenters.